The van der Waals surface area contributed by atoms with Gasteiger partial charge in [0, 0.05) is 0 Å². The van der Waals surface area contributed by atoms with Crippen LogP contribution in [0.25, 0.3) is 6.08 Å². The van der Waals surface area contributed by atoms with E-state index in [1.54, 1.807) is 12.1 Å². The number of ketones is 2. The molecule has 0 unspecified atom stereocenters. The number of furan rings is 1. The highest BCUT2D eigenvalue weighted by Crippen LogP contribution is 2.16. The quantitative estimate of drug-likeness (QED) is 0.439. The zero-order valence-corrected chi connectivity index (χ0v) is 8.59. The van der Waals surface area contributed by atoms with Gasteiger partial charge in [0.05, 0.1) is 5.57 Å². The number of carbonyl (C=O) groups excluding carboxylic acids is 2. The van der Waals surface area contributed by atoms with Crippen molar-refractivity contribution in [2.24, 2.45) is 0 Å². The second-order valence-electron chi connectivity index (χ2n) is 2.81. The molecule has 1 heterocycles. The van der Waals surface area contributed by atoms with E-state index in [2.05, 4.69) is 0 Å². The number of carbonyl (C=O) groups is 2. The van der Waals surface area contributed by atoms with E-state index in [9.17, 15) is 9.59 Å². The predicted molar refractivity (Wildman–Crippen MR) is 53.1 cm³/mol. The van der Waals surface area contributed by atoms with E-state index in [1.165, 1.54) is 19.9 Å². The number of hydrogen-bond acceptors (Lipinski definition) is 3. The van der Waals surface area contributed by atoms with Gasteiger partial charge in [0.15, 0.2) is 16.8 Å². The maximum atomic E-state index is 11.0. The minimum absolute atomic E-state index is 0.107. The lowest BCUT2D eigenvalue weighted by molar-refractivity contribution is -0.119. The number of halogens is 1. The Morgan fingerprint density at radius 1 is 1.29 bits per heavy atom. The van der Waals surface area contributed by atoms with Crippen molar-refractivity contribution in [2.75, 3.05) is 0 Å². The van der Waals surface area contributed by atoms with Gasteiger partial charge in [0.2, 0.25) is 0 Å². The summed E-state index contributed by atoms with van der Waals surface area (Å²) in [7, 11) is 0. The molecule has 3 nitrogen and oxygen atoms in total. The van der Waals surface area contributed by atoms with Crippen LogP contribution < -0.4 is 0 Å². The SMILES string of the molecule is CC(=O)C(=Cc1ccc(Cl)o1)C(C)=O. The fourth-order valence-electron chi connectivity index (χ4n) is 0.999. The van der Waals surface area contributed by atoms with Crippen molar-refractivity contribution >= 4 is 29.2 Å². The highest BCUT2D eigenvalue weighted by molar-refractivity contribution is 6.29. The first-order valence-corrected chi connectivity index (χ1v) is 4.37. The van der Waals surface area contributed by atoms with Gasteiger partial charge in [-0.3, -0.25) is 9.59 Å². The fraction of sp³-hybridized carbons (Fsp3) is 0.200. The standard InChI is InChI=1S/C10H9ClO3/c1-6(12)9(7(2)13)5-8-3-4-10(11)14-8/h3-5H,1-2H3. The molecule has 1 rings (SSSR count). The normalized spacial score (nSPS) is 9.64. The van der Waals surface area contributed by atoms with E-state index in [1.807, 2.05) is 0 Å². The summed E-state index contributed by atoms with van der Waals surface area (Å²) in [4.78, 5) is 22.1. The summed E-state index contributed by atoms with van der Waals surface area (Å²) in [6.45, 7) is 2.66. The van der Waals surface area contributed by atoms with Crippen LogP contribution in [0.1, 0.15) is 19.6 Å². The molecule has 0 saturated carbocycles. The topological polar surface area (TPSA) is 47.3 Å². The largest absolute Gasteiger partial charge is 0.445 e. The number of Topliss-reactive ketones (excluding diaryl/α,β-unsaturated/α-hetero) is 2. The van der Waals surface area contributed by atoms with Crippen LogP contribution in [-0.2, 0) is 9.59 Å². The van der Waals surface area contributed by atoms with E-state index in [4.69, 9.17) is 16.0 Å². The highest BCUT2D eigenvalue weighted by Gasteiger charge is 2.10. The number of hydrogen-bond donors (Lipinski definition) is 0. The number of rotatable bonds is 3. The Hall–Kier alpha value is -1.35. The van der Waals surface area contributed by atoms with Gasteiger partial charge < -0.3 is 4.42 Å². The average molecular weight is 213 g/mol. The van der Waals surface area contributed by atoms with Crippen LogP contribution in [0.4, 0.5) is 0 Å². The van der Waals surface area contributed by atoms with Crippen LogP contribution in [0, 0.1) is 0 Å². The Kier molecular flexibility index (Phi) is 3.25. The minimum atomic E-state index is -0.287. The first kappa shape index (κ1) is 10.7. The molecule has 1 aromatic heterocycles. The Balaban J connectivity index is 3.05. The maximum absolute atomic E-state index is 11.0. The lowest BCUT2D eigenvalue weighted by Gasteiger charge is -1.95. The lowest BCUT2D eigenvalue weighted by atomic mass is 10.1. The van der Waals surface area contributed by atoms with E-state index < -0.39 is 0 Å². The third kappa shape index (κ3) is 2.57. The molecule has 4 heteroatoms. The molecule has 0 bridgehead atoms. The van der Waals surface area contributed by atoms with Crippen molar-refractivity contribution in [3.63, 3.8) is 0 Å². The van der Waals surface area contributed by atoms with Crippen molar-refractivity contribution in [3.8, 4) is 0 Å². The monoisotopic (exact) mass is 212 g/mol. The number of allylic oxidation sites excluding steroid dienone is 1. The smallest absolute Gasteiger partial charge is 0.193 e. The van der Waals surface area contributed by atoms with Gasteiger partial charge in [0.1, 0.15) is 5.76 Å². The van der Waals surface area contributed by atoms with E-state index in [0.29, 0.717) is 5.76 Å². The minimum Gasteiger partial charge on any atom is -0.445 e. The fourth-order valence-corrected chi connectivity index (χ4v) is 1.15. The van der Waals surface area contributed by atoms with Gasteiger partial charge in [-0.15, -0.1) is 0 Å². The molecule has 74 valence electrons. The van der Waals surface area contributed by atoms with E-state index >= 15 is 0 Å². The van der Waals surface area contributed by atoms with Crippen LogP contribution >= 0.6 is 11.6 Å². The second-order valence-corrected chi connectivity index (χ2v) is 3.18. The van der Waals surface area contributed by atoms with Crippen LogP contribution in [0.3, 0.4) is 0 Å². The third-order valence-corrected chi connectivity index (χ3v) is 1.84. The molecule has 0 radical (unpaired) electrons. The summed E-state index contributed by atoms with van der Waals surface area (Å²) in [6.07, 6.45) is 1.39. The van der Waals surface area contributed by atoms with Crippen LogP contribution in [0.2, 0.25) is 5.22 Å². The maximum Gasteiger partial charge on any atom is 0.193 e. The van der Waals surface area contributed by atoms with Crippen molar-refractivity contribution in [3.05, 3.63) is 28.7 Å². The van der Waals surface area contributed by atoms with Crippen LogP contribution in [-0.4, -0.2) is 11.6 Å². The van der Waals surface area contributed by atoms with Gasteiger partial charge >= 0.3 is 0 Å². The molecule has 14 heavy (non-hydrogen) atoms. The molecular formula is C10H9ClO3. The molecule has 0 aromatic carbocycles. The van der Waals surface area contributed by atoms with Crippen LogP contribution in [0.5, 0.6) is 0 Å². The Morgan fingerprint density at radius 3 is 2.21 bits per heavy atom. The summed E-state index contributed by atoms with van der Waals surface area (Å²) < 4.78 is 5.00. The zero-order chi connectivity index (χ0) is 10.7. The molecule has 0 fully saturated rings. The van der Waals surface area contributed by atoms with Crippen molar-refractivity contribution in [1.29, 1.82) is 0 Å². The Labute approximate surface area is 86.4 Å². The van der Waals surface area contributed by atoms with E-state index in [0.717, 1.165) is 0 Å². The molecule has 1 aromatic rings. The predicted octanol–water partition coefficient (Wildman–Crippen LogP) is 2.49. The third-order valence-electron chi connectivity index (χ3n) is 1.64. The molecule has 0 amide bonds. The van der Waals surface area contributed by atoms with Gasteiger partial charge in [-0.05, 0) is 43.7 Å². The highest BCUT2D eigenvalue weighted by atomic mass is 35.5. The Morgan fingerprint density at radius 2 is 1.86 bits per heavy atom. The molecule has 0 N–H and O–H groups in total. The summed E-state index contributed by atoms with van der Waals surface area (Å²) in [5.41, 5.74) is 0.107. The molecular weight excluding hydrogens is 204 g/mol. The Bertz CT molecular complexity index is 385. The summed E-state index contributed by atoms with van der Waals surface area (Å²) >= 11 is 5.54. The van der Waals surface area contributed by atoms with Gasteiger partial charge in [-0.2, -0.15) is 0 Å². The molecule has 0 aliphatic rings. The summed E-state index contributed by atoms with van der Waals surface area (Å²) in [6, 6.07) is 3.14. The molecule has 0 spiro atoms. The van der Waals surface area contributed by atoms with Gasteiger partial charge in [-0.25, -0.2) is 0 Å². The lowest BCUT2D eigenvalue weighted by Crippen LogP contribution is -2.05. The van der Waals surface area contributed by atoms with Gasteiger partial charge in [0.25, 0.3) is 0 Å². The van der Waals surface area contributed by atoms with Crippen molar-refractivity contribution < 1.29 is 14.0 Å². The summed E-state index contributed by atoms with van der Waals surface area (Å²) in [5.74, 6) is -0.176. The molecule has 0 atom stereocenters. The first-order valence-electron chi connectivity index (χ1n) is 3.99. The average Bonchev–Trinajstić information content (AvgIpc) is 2.46. The second kappa shape index (κ2) is 4.24. The van der Waals surface area contributed by atoms with E-state index in [-0.39, 0.29) is 22.4 Å². The first-order chi connectivity index (χ1) is 6.50. The zero-order valence-electron chi connectivity index (χ0n) is 7.83. The molecule has 0 saturated heterocycles. The van der Waals surface area contributed by atoms with Crippen LogP contribution in [0.15, 0.2) is 22.1 Å². The molecule has 0 aliphatic heterocycles. The molecule has 0 aliphatic carbocycles. The van der Waals surface area contributed by atoms with Gasteiger partial charge in [-0.1, -0.05) is 0 Å². The summed E-state index contributed by atoms with van der Waals surface area (Å²) in [5, 5.41) is 0.225. The van der Waals surface area contributed by atoms with Crippen molar-refractivity contribution in [2.45, 2.75) is 13.8 Å². The van der Waals surface area contributed by atoms with Crippen molar-refractivity contribution in [1.82, 2.24) is 0 Å².